The second kappa shape index (κ2) is 10.6. The molecule has 1 aromatic rings. The fraction of sp³-hybridized carbons (Fsp3) is 0.760. The van der Waals surface area contributed by atoms with Gasteiger partial charge in [0.2, 0.25) is 0 Å². The summed E-state index contributed by atoms with van der Waals surface area (Å²) in [4.78, 5) is 4.82. The van der Waals surface area contributed by atoms with Crippen molar-refractivity contribution in [3.63, 3.8) is 0 Å². The number of ether oxygens (including phenoxy) is 1. The molecule has 1 atom stereocenters. The third-order valence-corrected chi connectivity index (χ3v) is 8.33. The average Bonchev–Trinajstić information content (AvgIpc) is 2.72. The van der Waals surface area contributed by atoms with Crippen molar-refractivity contribution >= 4 is 24.8 Å². The molecule has 6 rings (SSSR count). The third-order valence-electron chi connectivity index (χ3n) is 8.33. The first-order valence-electron chi connectivity index (χ1n) is 12.0. The molecule has 4 nitrogen and oxygen atoms in total. The number of aliphatic hydroxyl groups is 1. The first-order chi connectivity index (χ1) is 14.1. The van der Waals surface area contributed by atoms with Crippen LogP contribution < -0.4 is 4.74 Å². The molecule has 1 aliphatic heterocycles. The van der Waals surface area contributed by atoms with Gasteiger partial charge >= 0.3 is 0 Å². The minimum absolute atomic E-state index is 0. The van der Waals surface area contributed by atoms with Gasteiger partial charge in [0.15, 0.2) is 0 Å². The molecular weight excluding hydrogens is 431 g/mol. The van der Waals surface area contributed by atoms with Gasteiger partial charge in [-0.1, -0.05) is 19.1 Å². The van der Waals surface area contributed by atoms with Crippen molar-refractivity contribution in [3.8, 4) is 5.75 Å². The molecule has 1 saturated heterocycles. The van der Waals surface area contributed by atoms with Gasteiger partial charge in [0.05, 0.1) is 0 Å². The number of hydrogen-bond donors (Lipinski definition) is 1. The first-order valence-corrected chi connectivity index (χ1v) is 12.0. The van der Waals surface area contributed by atoms with Crippen LogP contribution in [0.4, 0.5) is 0 Å². The lowest BCUT2D eigenvalue weighted by Gasteiger charge is -2.57. The molecule has 1 N–H and O–H groups in total. The van der Waals surface area contributed by atoms with Crippen molar-refractivity contribution in [2.24, 2.45) is 17.8 Å². The Morgan fingerprint density at radius 1 is 0.903 bits per heavy atom. The largest absolute Gasteiger partial charge is 0.491 e. The Balaban J connectivity index is 0.00000136. The second-order valence-electron chi connectivity index (χ2n) is 10.4. The van der Waals surface area contributed by atoms with Crippen LogP contribution in [0.2, 0.25) is 0 Å². The van der Waals surface area contributed by atoms with E-state index >= 15 is 0 Å². The normalized spacial score (nSPS) is 33.4. The van der Waals surface area contributed by atoms with Crippen LogP contribution in [-0.2, 0) is 5.41 Å². The van der Waals surface area contributed by atoms with Crippen molar-refractivity contribution in [2.75, 3.05) is 45.9 Å². The van der Waals surface area contributed by atoms with E-state index in [1.54, 1.807) is 5.56 Å². The molecular formula is C25H40Cl2N2O2. The van der Waals surface area contributed by atoms with Gasteiger partial charge in [-0.15, -0.1) is 24.8 Å². The topological polar surface area (TPSA) is 35.9 Å². The molecule has 1 heterocycles. The van der Waals surface area contributed by atoms with Crippen LogP contribution in [0.5, 0.6) is 5.75 Å². The van der Waals surface area contributed by atoms with E-state index in [2.05, 4.69) is 41.0 Å². The number of halogens is 2. The van der Waals surface area contributed by atoms with Crippen LogP contribution in [0.1, 0.15) is 51.0 Å². The summed E-state index contributed by atoms with van der Waals surface area (Å²) in [6, 6.07) is 8.92. The fourth-order valence-electron chi connectivity index (χ4n) is 7.20. The number of hydrogen-bond acceptors (Lipinski definition) is 4. The molecule has 5 fully saturated rings. The summed E-state index contributed by atoms with van der Waals surface area (Å²) in [5, 5.41) is 10.4. The van der Waals surface area contributed by atoms with Crippen LogP contribution >= 0.6 is 24.8 Å². The van der Waals surface area contributed by atoms with Gasteiger partial charge in [0.1, 0.15) is 18.5 Å². The van der Waals surface area contributed by atoms with E-state index in [1.807, 2.05) is 0 Å². The third kappa shape index (κ3) is 5.52. The number of piperazine rings is 1. The van der Waals surface area contributed by atoms with E-state index in [-0.39, 0.29) is 24.8 Å². The highest BCUT2D eigenvalue weighted by molar-refractivity contribution is 5.85. The molecule has 176 valence electrons. The lowest BCUT2D eigenvalue weighted by molar-refractivity contribution is -0.00522. The molecule has 5 aliphatic rings. The maximum Gasteiger partial charge on any atom is 0.119 e. The second-order valence-corrected chi connectivity index (χ2v) is 10.4. The van der Waals surface area contributed by atoms with E-state index < -0.39 is 6.10 Å². The molecule has 1 aromatic carbocycles. The minimum atomic E-state index is -0.425. The molecule has 4 bridgehead atoms. The number of aliphatic hydroxyl groups excluding tert-OH is 1. The summed E-state index contributed by atoms with van der Waals surface area (Å²) >= 11 is 0. The highest BCUT2D eigenvalue weighted by Crippen LogP contribution is 2.60. The van der Waals surface area contributed by atoms with Crippen LogP contribution in [0, 0.1) is 17.8 Å². The van der Waals surface area contributed by atoms with Crippen molar-refractivity contribution < 1.29 is 9.84 Å². The van der Waals surface area contributed by atoms with Crippen LogP contribution in [-0.4, -0.2) is 66.9 Å². The monoisotopic (exact) mass is 470 g/mol. The molecule has 31 heavy (non-hydrogen) atoms. The van der Waals surface area contributed by atoms with Crippen LogP contribution in [0.15, 0.2) is 24.3 Å². The Morgan fingerprint density at radius 3 is 1.94 bits per heavy atom. The zero-order valence-corrected chi connectivity index (χ0v) is 20.5. The van der Waals surface area contributed by atoms with E-state index in [0.29, 0.717) is 18.6 Å². The lowest BCUT2D eigenvalue weighted by atomic mass is 9.48. The number of likely N-dealkylation sites (N-methyl/N-ethyl adjacent to an activating group) is 1. The molecule has 1 unspecified atom stereocenters. The van der Waals surface area contributed by atoms with Gasteiger partial charge in [0.25, 0.3) is 0 Å². The molecule has 4 saturated carbocycles. The predicted molar refractivity (Wildman–Crippen MR) is 131 cm³/mol. The van der Waals surface area contributed by atoms with Gasteiger partial charge < -0.3 is 14.7 Å². The van der Waals surface area contributed by atoms with Crippen LogP contribution in [0.25, 0.3) is 0 Å². The molecule has 6 heteroatoms. The maximum absolute atomic E-state index is 10.4. The van der Waals surface area contributed by atoms with Gasteiger partial charge in [-0.05, 0) is 85.9 Å². The minimum Gasteiger partial charge on any atom is -0.491 e. The Labute approximate surface area is 200 Å². The molecule has 4 aliphatic carbocycles. The van der Waals surface area contributed by atoms with E-state index in [9.17, 15) is 5.11 Å². The summed E-state index contributed by atoms with van der Waals surface area (Å²) in [5.74, 6) is 3.83. The molecule has 0 radical (unpaired) electrons. The summed E-state index contributed by atoms with van der Waals surface area (Å²) in [7, 11) is 0. The molecule has 0 spiro atoms. The Morgan fingerprint density at radius 2 is 1.42 bits per heavy atom. The van der Waals surface area contributed by atoms with Crippen LogP contribution in [0.3, 0.4) is 0 Å². The summed E-state index contributed by atoms with van der Waals surface area (Å²) in [5.41, 5.74) is 1.99. The number of rotatable bonds is 7. The van der Waals surface area contributed by atoms with Gasteiger partial charge in [-0.25, -0.2) is 0 Å². The van der Waals surface area contributed by atoms with Gasteiger partial charge in [0, 0.05) is 32.7 Å². The zero-order chi connectivity index (χ0) is 19.8. The van der Waals surface area contributed by atoms with Gasteiger partial charge in [-0.2, -0.15) is 0 Å². The predicted octanol–water partition coefficient (Wildman–Crippen LogP) is 4.38. The zero-order valence-electron chi connectivity index (χ0n) is 18.9. The number of nitrogens with zero attached hydrogens (tertiary/aromatic N) is 2. The quantitative estimate of drug-likeness (QED) is 0.641. The lowest BCUT2D eigenvalue weighted by Crippen LogP contribution is -2.49. The molecule has 0 amide bonds. The standard InChI is InChI=1S/C25H38N2O2.2ClH/c1-2-26-7-9-27(10-8-26)17-23(28)18-29-24-5-3-22(4-6-24)25-14-19-11-20(15-25)13-21(12-19)16-25;;/h3-6,19-21,23,28H,2,7-18H2,1H3;2*1H. The van der Waals surface area contributed by atoms with Crippen molar-refractivity contribution in [3.05, 3.63) is 29.8 Å². The maximum atomic E-state index is 10.4. The average molecular weight is 472 g/mol. The highest BCUT2D eigenvalue weighted by atomic mass is 35.5. The van der Waals surface area contributed by atoms with E-state index in [4.69, 9.17) is 4.74 Å². The summed E-state index contributed by atoms with van der Waals surface area (Å²) in [6.45, 7) is 8.74. The summed E-state index contributed by atoms with van der Waals surface area (Å²) < 4.78 is 5.94. The Hall–Kier alpha value is -0.520. The SMILES string of the molecule is CCN1CCN(CC(O)COc2ccc(C34CC5CC(CC(C5)C3)C4)cc2)CC1.Cl.Cl. The number of β-amino-alcohol motifs (C(OH)–C–C–N with tert-alkyl or cyclic N) is 1. The summed E-state index contributed by atoms with van der Waals surface area (Å²) in [6.07, 6.45) is 8.27. The van der Waals surface area contributed by atoms with Crippen molar-refractivity contribution in [1.82, 2.24) is 9.80 Å². The van der Waals surface area contributed by atoms with Crippen molar-refractivity contribution in [1.29, 1.82) is 0 Å². The number of benzene rings is 1. The van der Waals surface area contributed by atoms with E-state index in [1.165, 1.54) is 38.5 Å². The molecule has 0 aromatic heterocycles. The fourth-order valence-corrected chi connectivity index (χ4v) is 7.20. The smallest absolute Gasteiger partial charge is 0.119 e. The van der Waals surface area contributed by atoms with Crippen molar-refractivity contribution in [2.45, 2.75) is 57.0 Å². The van der Waals surface area contributed by atoms with E-state index in [0.717, 1.165) is 56.2 Å². The first kappa shape index (κ1) is 25.1. The Bertz CT molecular complexity index is 656. The highest BCUT2D eigenvalue weighted by Gasteiger charge is 2.51. The Kier molecular flexibility index (Phi) is 8.59. The van der Waals surface area contributed by atoms with Gasteiger partial charge in [-0.3, -0.25) is 4.90 Å².